The molecule has 0 fully saturated rings. The standard InChI is InChI=1S/C12H13BrO2/c1-3-4-7-15-10-5-6-11(9(2)14)12(13)8-10/h3-6,8H,7H2,1-2H3/b4-3+. The number of ketones is 1. The van der Waals surface area contributed by atoms with Crippen LogP contribution in [0.2, 0.25) is 0 Å². The van der Waals surface area contributed by atoms with Crippen molar-refractivity contribution in [2.45, 2.75) is 13.8 Å². The van der Waals surface area contributed by atoms with Crippen molar-refractivity contribution in [3.05, 3.63) is 40.4 Å². The maximum Gasteiger partial charge on any atom is 0.160 e. The second kappa shape index (κ2) is 5.71. The molecule has 15 heavy (non-hydrogen) atoms. The topological polar surface area (TPSA) is 26.3 Å². The number of benzene rings is 1. The molecule has 0 N–H and O–H groups in total. The van der Waals surface area contributed by atoms with Crippen LogP contribution in [0.25, 0.3) is 0 Å². The maximum atomic E-state index is 11.2. The van der Waals surface area contributed by atoms with E-state index in [0.717, 1.165) is 10.2 Å². The highest BCUT2D eigenvalue weighted by Gasteiger charge is 2.05. The average Bonchev–Trinajstić information content (AvgIpc) is 2.17. The van der Waals surface area contributed by atoms with Crippen molar-refractivity contribution >= 4 is 21.7 Å². The largest absolute Gasteiger partial charge is 0.490 e. The molecule has 0 aliphatic heterocycles. The average molecular weight is 269 g/mol. The first-order chi connectivity index (χ1) is 7.15. The minimum Gasteiger partial charge on any atom is -0.490 e. The summed E-state index contributed by atoms with van der Waals surface area (Å²) in [6, 6.07) is 5.36. The molecule has 1 aromatic carbocycles. The van der Waals surface area contributed by atoms with Crippen LogP contribution in [0.1, 0.15) is 24.2 Å². The van der Waals surface area contributed by atoms with Crippen LogP contribution in [0.4, 0.5) is 0 Å². The van der Waals surface area contributed by atoms with E-state index in [2.05, 4.69) is 15.9 Å². The number of ether oxygens (including phenoxy) is 1. The van der Waals surface area contributed by atoms with Crippen LogP contribution in [0.5, 0.6) is 5.75 Å². The Bertz CT molecular complexity index is 383. The fourth-order valence-corrected chi connectivity index (χ4v) is 1.75. The molecule has 0 atom stereocenters. The molecule has 0 spiro atoms. The van der Waals surface area contributed by atoms with Gasteiger partial charge < -0.3 is 4.74 Å². The van der Waals surface area contributed by atoms with Gasteiger partial charge in [0, 0.05) is 10.0 Å². The van der Waals surface area contributed by atoms with Crippen LogP contribution < -0.4 is 4.74 Å². The zero-order valence-corrected chi connectivity index (χ0v) is 10.4. The van der Waals surface area contributed by atoms with E-state index in [1.165, 1.54) is 0 Å². The minimum atomic E-state index is 0.0434. The van der Waals surface area contributed by atoms with E-state index in [4.69, 9.17) is 4.74 Å². The predicted molar refractivity (Wildman–Crippen MR) is 64.5 cm³/mol. The first-order valence-electron chi connectivity index (χ1n) is 4.69. The molecule has 0 saturated heterocycles. The number of hydrogen-bond acceptors (Lipinski definition) is 2. The van der Waals surface area contributed by atoms with Crippen molar-refractivity contribution in [2.24, 2.45) is 0 Å². The van der Waals surface area contributed by atoms with Gasteiger partial charge in [-0.1, -0.05) is 12.2 Å². The van der Waals surface area contributed by atoms with Crippen molar-refractivity contribution in [1.82, 2.24) is 0 Å². The summed E-state index contributed by atoms with van der Waals surface area (Å²) in [7, 11) is 0. The number of halogens is 1. The van der Waals surface area contributed by atoms with Gasteiger partial charge in [-0.05, 0) is 48.0 Å². The highest BCUT2D eigenvalue weighted by Crippen LogP contribution is 2.23. The molecule has 0 heterocycles. The molecule has 0 aromatic heterocycles. The molecule has 0 radical (unpaired) electrons. The second-order valence-electron chi connectivity index (χ2n) is 3.08. The van der Waals surface area contributed by atoms with Crippen LogP contribution in [0.3, 0.4) is 0 Å². The molecule has 1 rings (SSSR count). The summed E-state index contributed by atoms with van der Waals surface area (Å²) >= 11 is 3.34. The van der Waals surface area contributed by atoms with E-state index in [0.29, 0.717) is 12.2 Å². The smallest absolute Gasteiger partial charge is 0.160 e. The Morgan fingerprint density at radius 3 is 2.80 bits per heavy atom. The third-order valence-electron chi connectivity index (χ3n) is 1.90. The van der Waals surface area contributed by atoms with Crippen LogP contribution >= 0.6 is 15.9 Å². The second-order valence-corrected chi connectivity index (χ2v) is 3.93. The number of hydrogen-bond donors (Lipinski definition) is 0. The third-order valence-corrected chi connectivity index (χ3v) is 2.56. The van der Waals surface area contributed by atoms with Crippen LogP contribution in [-0.2, 0) is 0 Å². The fraction of sp³-hybridized carbons (Fsp3) is 0.250. The van der Waals surface area contributed by atoms with Gasteiger partial charge in [0.2, 0.25) is 0 Å². The van der Waals surface area contributed by atoms with Crippen LogP contribution in [0, 0.1) is 0 Å². The Morgan fingerprint density at radius 2 is 2.27 bits per heavy atom. The molecule has 3 heteroatoms. The molecule has 0 unspecified atom stereocenters. The predicted octanol–water partition coefficient (Wildman–Crippen LogP) is 3.61. The molecular weight excluding hydrogens is 256 g/mol. The van der Waals surface area contributed by atoms with Gasteiger partial charge in [-0.15, -0.1) is 0 Å². The van der Waals surface area contributed by atoms with Crippen LogP contribution in [0.15, 0.2) is 34.8 Å². The van der Waals surface area contributed by atoms with E-state index in [9.17, 15) is 4.79 Å². The zero-order valence-electron chi connectivity index (χ0n) is 8.79. The Morgan fingerprint density at radius 1 is 1.53 bits per heavy atom. The summed E-state index contributed by atoms with van der Waals surface area (Å²) in [5.74, 6) is 0.798. The summed E-state index contributed by atoms with van der Waals surface area (Å²) in [5, 5.41) is 0. The maximum absolute atomic E-state index is 11.2. The molecule has 0 aliphatic rings. The molecule has 2 nitrogen and oxygen atoms in total. The SMILES string of the molecule is C/C=C/COc1ccc(C(C)=O)c(Br)c1. The Labute approximate surface area is 98.1 Å². The molecule has 0 saturated carbocycles. The molecule has 0 amide bonds. The van der Waals surface area contributed by atoms with Crippen molar-refractivity contribution in [3.8, 4) is 5.75 Å². The summed E-state index contributed by atoms with van der Waals surface area (Å²) in [6.07, 6.45) is 3.85. The number of allylic oxidation sites excluding steroid dienone is 1. The van der Waals surface area contributed by atoms with Gasteiger partial charge in [0.05, 0.1) is 0 Å². The van der Waals surface area contributed by atoms with Crippen molar-refractivity contribution in [3.63, 3.8) is 0 Å². The lowest BCUT2D eigenvalue weighted by Gasteiger charge is -2.05. The number of rotatable bonds is 4. The lowest BCUT2D eigenvalue weighted by molar-refractivity contribution is 0.101. The van der Waals surface area contributed by atoms with E-state index in [1.807, 2.05) is 19.1 Å². The van der Waals surface area contributed by atoms with Gasteiger partial charge in [0.1, 0.15) is 12.4 Å². The van der Waals surface area contributed by atoms with Crippen molar-refractivity contribution in [2.75, 3.05) is 6.61 Å². The monoisotopic (exact) mass is 268 g/mol. The number of carbonyl (C=O) groups excluding carboxylic acids is 1. The van der Waals surface area contributed by atoms with E-state index in [-0.39, 0.29) is 5.78 Å². The highest BCUT2D eigenvalue weighted by atomic mass is 79.9. The summed E-state index contributed by atoms with van der Waals surface area (Å²) in [5.41, 5.74) is 0.674. The first kappa shape index (κ1) is 12.0. The van der Waals surface area contributed by atoms with Crippen LogP contribution in [-0.4, -0.2) is 12.4 Å². The zero-order chi connectivity index (χ0) is 11.3. The molecule has 0 bridgehead atoms. The van der Waals surface area contributed by atoms with E-state index >= 15 is 0 Å². The Kier molecular flexibility index (Phi) is 4.56. The molecule has 80 valence electrons. The summed E-state index contributed by atoms with van der Waals surface area (Å²) < 4.78 is 6.21. The Hall–Kier alpha value is -1.09. The van der Waals surface area contributed by atoms with Gasteiger partial charge in [0.15, 0.2) is 5.78 Å². The number of Topliss-reactive ketones (excluding diaryl/α,β-unsaturated/α-hetero) is 1. The minimum absolute atomic E-state index is 0.0434. The molecular formula is C12H13BrO2. The normalized spacial score (nSPS) is 10.6. The van der Waals surface area contributed by atoms with E-state index in [1.54, 1.807) is 25.1 Å². The quantitative estimate of drug-likeness (QED) is 0.616. The number of carbonyl (C=O) groups is 1. The van der Waals surface area contributed by atoms with Gasteiger partial charge in [0.25, 0.3) is 0 Å². The van der Waals surface area contributed by atoms with Crippen molar-refractivity contribution in [1.29, 1.82) is 0 Å². The van der Waals surface area contributed by atoms with E-state index < -0.39 is 0 Å². The van der Waals surface area contributed by atoms with Crippen molar-refractivity contribution < 1.29 is 9.53 Å². The van der Waals surface area contributed by atoms with Gasteiger partial charge in [-0.25, -0.2) is 0 Å². The van der Waals surface area contributed by atoms with Gasteiger partial charge in [-0.2, -0.15) is 0 Å². The summed E-state index contributed by atoms with van der Waals surface area (Å²) in [4.78, 5) is 11.2. The Balaban J connectivity index is 2.77. The molecule has 1 aromatic rings. The summed E-state index contributed by atoms with van der Waals surface area (Å²) in [6.45, 7) is 4.03. The third kappa shape index (κ3) is 3.51. The molecule has 0 aliphatic carbocycles. The fourth-order valence-electron chi connectivity index (χ4n) is 1.11. The highest BCUT2D eigenvalue weighted by molar-refractivity contribution is 9.10. The van der Waals surface area contributed by atoms with Gasteiger partial charge >= 0.3 is 0 Å². The van der Waals surface area contributed by atoms with Gasteiger partial charge in [-0.3, -0.25) is 4.79 Å². The lowest BCUT2D eigenvalue weighted by Crippen LogP contribution is -1.96. The lowest BCUT2D eigenvalue weighted by atomic mass is 10.1. The first-order valence-corrected chi connectivity index (χ1v) is 5.49.